The van der Waals surface area contributed by atoms with E-state index in [9.17, 15) is 4.39 Å². The number of rotatable bonds is 4. The van der Waals surface area contributed by atoms with Crippen LogP contribution >= 0.6 is 0 Å². The first-order chi connectivity index (χ1) is 8.60. The lowest BCUT2D eigenvalue weighted by Crippen LogP contribution is -1.98. The number of methoxy groups -OCH3 is 1. The molecular weight excluding hydrogens is 233 g/mol. The first kappa shape index (κ1) is 12.4. The zero-order chi connectivity index (χ0) is 13.1. The maximum absolute atomic E-state index is 13.2. The predicted molar refractivity (Wildman–Crippen MR) is 68.1 cm³/mol. The van der Waals surface area contributed by atoms with Gasteiger partial charge in [-0.25, -0.2) is 9.37 Å². The molecule has 0 unspecified atom stereocenters. The second-order valence-electron chi connectivity index (χ2n) is 4.15. The van der Waals surface area contributed by atoms with Crippen molar-refractivity contribution >= 4 is 5.95 Å². The van der Waals surface area contributed by atoms with Crippen molar-refractivity contribution in [3.63, 3.8) is 0 Å². The molecule has 1 aromatic carbocycles. The summed E-state index contributed by atoms with van der Waals surface area (Å²) in [6.45, 7) is 1.92. The number of hydrogen-bond donors (Lipinski definition) is 2. The van der Waals surface area contributed by atoms with E-state index in [1.807, 2.05) is 6.92 Å². The molecule has 3 N–H and O–H groups in total. The molecule has 0 aliphatic heterocycles. The molecule has 4 nitrogen and oxygen atoms in total. The van der Waals surface area contributed by atoms with Crippen LogP contribution < -0.4 is 10.5 Å². The van der Waals surface area contributed by atoms with Crippen LogP contribution in [-0.4, -0.2) is 17.1 Å². The van der Waals surface area contributed by atoms with Crippen molar-refractivity contribution in [1.82, 2.24) is 9.97 Å². The van der Waals surface area contributed by atoms with E-state index in [4.69, 9.17) is 10.5 Å². The summed E-state index contributed by atoms with van der Waals surface area (Å²) in [7, 11) is 1.58. The number of benzene rings is 1. The number of aromatic amines is 1. The van der Waals surface area contributed by atoms with Crippen LogP contribution in [0.5, 0.6) is 5.75 Å². The molecule has 0 spiro atoms. The van der Waals surface area contributed by atoms with Gasteiger partial charge in [0.15, 0.2) is 5.95 Å². The van der Waals surface area contributed by atoms with Crippen LogP contribution in [0.15, 0.2) is 18.2 Å². The number of nitrogens with two attached hydrogens (primary N) is 1. The van der Waals surface area contributed by atoms with E-state index < -0.39 is 0 Å². The Kier molecular flexibility index (Phi) is 3.50. The molecule has 5 heteroatoms. The van der Waals surface area contributed by atoms with Crippen molar-refractivity contribution in [2.24, 2.45) is 0 Å². The van der Waals surface area contributed by atoms with Crippen LogP contribution in [0.2, 0.25) is 0 Å². The molecule has 0 bridgehead atoms. The van der Waals surface area contributed by atoms with Crippen molar-refractivity contribution in [3.8, 4) is 5.75 Å². The van der Waals surface area contributed by atoms with Crippen LogP contribution in [0.3, 0.4) is 0 Å². The number of ether oxygens (including phenoxy) is 1. The minimum atomic E-state index is -0.260. The average molecular weight is 249 g/mol. The van der Waals surface area contributed by atoms with Gasteiger partial charge in [0.05, 0.1) is 12.8 Å². The Hall–Kier alpha value is -2.04. The molecule has 18 heavy (non-hydrogen) atoms. The Morgan fingerprint density at radius 3 is 2.78 bits per heavy atom. The minimum Gasteiger partial charge on any atom is -0.496 e. The molecular formula is C13H16FN3O. The fraction of sp³-hybridized carbons (Fsp3) is 0.308. The summed E-state index contributed by atoms with van der Waals surface area (Å²) >= 11 is 0. The molecule has 0 aliphatic carbocycles. The summed E-state index contributed by atoms with van der Waals surface area (Å²) in [5.74, 6) is 0.843. The first-order valence-corrected chi connectivity index (χ1v) is 5.73. The summed E-state index contributed by atoms with van der Waals surface area (Å²) in [5, 5.41) is 0. The van der Waals surface area contributed by atoms with Crippen molar-refractivity contribution in [1.29, 1.82) is 0 Å². The van der Waals surface area contributed by atoms with Gasteiger partial charge in [-0.3, -0.25) is 0 Å². The number of halogens is 1. The Morgan fingerprint density at radius 2 is 2.17 bits per heavy atom. The highest BCUT2D eigenvalue weighted by Gasteiger charge is 2.08. The Bertz CT molecular complexity index is 551. The van der Waals surface area contributed by atoms with E-state index in [-0.39, 0.29) is 5.82 Å². The number of aryl methyl sites for hydroxylation is 3. The van der Waals surface area contributed by atoms with Crippen LogP contribution in [0.25, 0.3) is 0 Å². The van der Waals surface area contributed by atoms with Crippen molar-refractivity contribution in [2.45, 2.75) is 19.8 Å². The number of H-pyrrole nitrogens is 1. The van der Waals surface area contributed by atoms with Gasteiger partial charge in [0, 0.05) is 5.69 Å². The standard InChI is InChI=1S/C13H16FN3O/c1-8-11(17-13(15)16-8)5-3-9-7-10(14)4-6-12(9)18-2/h4,6-7H,3,5H2,1-2H3,(H3,15,16,17). The molecule has 1 aromatic heterocycles. The van der Waals surface area contributed by atoms with E-state index in [1.165, 1.54) is 12.1 Å². The van der Waals surface area contributed by atoms with Gasteiger partial charge in [0.25, 0.3) is 0 Å². The van der Waals surface area contributed by atoms with Gasteiger partial charge in [-0.05, 0) is 43.5 Å². The van der Waals surface area contributed by atoms with Crippen molar-refractivity contribution < 1.29 is 9.13 Å². The summed E-state index contributed by atoms with van der Waals surface area (Å²) in [6, 6.07) is 4.51. The number of aromatic nitrogens is 2. The fourth-order valence-corrected chi connectivity index (χ4v) is 1.96. The van der Waals surface area contributed by atoms with Crippen molar-refractivity contribution in [3.05, 3.63) is 41.0 Å². The minimum absolute atomic E-state index is 0.260. The maximum atomic E-state index is 13.2. The monoisotopic (exact) mass is 249 g/mol. The summed E-state index contributed by atoms with van der Waals surface area (Å²) in [4.78, 5) is 7.14. The van der Waals surface area contributed by atoms with E-state index >= 15 is 0 Å². The largest absolute Gasteiger partial charge is 0.496 e. The SMILES string of the molecule is COc1ccc(F)cc1CCc1nc(N)[nH]c1C. The van der Waals surface area contributed by atoms with Gasteiger partial charge in [-0.1, -0.05) is 0 Å². The average Bonchev–Trinajstić information content (AvgIpc) is 2.65. The third kappa shape index (κ3) is 2.61. The lowest BCUT2D eigenvalue weighted by molar-refractivity contribution is 0.408. The van der Waals surface area contributed by atoms with Crippen LogP contribution in [0.1, 0.15) is 17.0 Å². The lowest BCUT2D eigenvalue weighted by atomic mass is 10.1. The van der Waals surface area contributed by atoms with Gasteiger partial charge in [0.1, 0.15) is 11.6 Å². The van der Waals surface area contributed by atoms with E-state index in [0.29, 0.717) is 24.5 Å². The normalized spacial score (nSPS) is 10.6. The molecule has 0 fully saturated rings. The molecule has 0 aliphatic rings. The fourth-order valence-electron chi connectivity index (χ4n) is 1.96. The zero-order valence-corrected chi connectivity index (χ0v) is 10.5. The Morgan fingerprint density at radius 1 is 1.39 bits per heavy atom. The molecule has 0 amide bonds. The summed E-state index contributed by atoms with van der Waals surface area (Å²) < 4.78 is 18.4. The molecule has 2 aromatic rings. The number of imidazole rings is 1. The molecule has 0 radical (unpaired) electrons. The van der Waals surface area contributed by atoms with Crippen molar-refractivity contribution in [2.75, 3.05) is 12.8 Å². The first-order valence-electron chi connectivity index (χ1n) is 5.73. The molecule has 0 saturated carbocycles. The van der Waals surface area contributed by atoms with Gasteiger partial charge in [-0.15, -0.1) is 0 Å². The van der Waals surface area contributed by atoms with Crippen LogP contribution in [0, 0.1) is 12.7 Å². The number of nitrogen functional groups attached to an aromatic ring is 1. The highest BCUT2D eigenvalue weighted by Crippen LogP contribution is 2.21. The number of nitrogens with zero attached hydrogens (tertiary/aromatic N) is 1. The second kappa shape index (κ2) is 5.08. The number of hydrogen-bond acceptors (Lipinski definition) is 3. The number of anilines is 1. The van der Waals surface area contributed by atoms with E-state index in [2.05, 4.69) is 9.97 Å². The van der Waals surface area contributed by atoms with E-state index in [1.54, 1.807) is 13.2 Å². The second-order valence-corrected chi connectivity index (χ2v) is 4.15. The summed E-state index contributed by atoms with van der Waals surface area (Å²) in [6.07, 6.45) is 1.35. The van der Waals surface area contributed by atoms with Crippen LogP contribution in [-0.2, 0) is 12.8 Å². The quantitative estimate of drug-likeness (QED) is 0.873. The van der Waals surface area contributed by atoms with Gasteiger partial charge < -0.3 is 15.5 Å². The van der Waals surface area contributed by atoms with Gasteiger partial charge >= 0.3 is 0 Å². The van der Waals surface area contributed by atoms with Gasteiger partial charge in [-0.2, -0.15) is 0 Å². The molecule has 0 saturated heterocycles. The topological polar surface area (TPSA) is 63.9 Å². The van der Waals surface area contributed by atoms with Gasteiger partial charge in [0.2, 0.25) is 0 Å². The zero-order valence-electron chi connectivity index (χ0n) is 10.5. The highest BCUT2D eigenvalue weighted by molar-refractivity contribution is 5.35. The third-order valence-electron chi connectivity index (χ3n) is 2.88. The Balaban J connectivity index is 2.14. The molecule has 96 valence electrons. The van der Waals surface area contributed by atoms with E-state index in [0.717, 1.165) is 17.0 Å². The van der Waals surface area contributed by atoms with Crippen LogP contribution in [0.4, 0.5) is 10.3 Å². The maximum Gasteiger partial charge on any atom is 0.197 e. The third-order valence-corrected chi connectivity index (χ3v) is 2.88. The smallest absolute Gasteiger partial charge is 0.197 e. The predicted octanol–water partition coefficient (Wildman–Crippen LogP) is 2.23. The summed E-state index contributed by atoms with van der Waals surface area (Å²) in [5.41, 5.74) is 8.26. The highest BCUT2D eigenvalue weighted by atomic mass is 19.1. The molecule has 2 rings (SSSR count). The Labute approximate surface area is 105 Å². The molecule has 0 atom stereocenters. The molecule has 1 heterocycles. The number of nitrogens with one attached hydrogen (secondary N) is 1. The lowest BCUT2D eigenvalue weighted by Gasteiger charge is -2.07.